The molecule has 0 aromatic heterocycles. The molecule has 3 aromatic rings. The summed E-state index contributed by atoms with van der Waals surface area (Å²) in [6, 6.07) is 21.5. The lowest BCUT2D eigenvalue weighted by Gasteiger charge is -2.17. The third kappa shape index (κ3) is 6.78. The second-order valence-corrected chi connectivity index (χ2v) is 10.3. The Balaban J connectivity index is 1.42. The van der Waals surface area contributed by atoms with Crippen molar-refractivity contribution in [2.45, 2.75) is 40.2 Å². The summed E-state index contributed by atoms with van der Waals surface area (Å²) in [7, 11) is 0. The number of amides is 2. The molecule has 1 aliphatic heterocycles. The van der Waals surface area contributed by atoms with E-state index in [1.165, 1.54) is 4.90 Å². The Morgan fingerprint density at radius 2 is 1.68 bits per heavy atom. The van der Waals surface area contributed by atoms with Crippen LogP contribution in [0.4, 0.5) is 4.79 Å². The van der Waals surface area contributed by atoms with Crippen LogP contribution in [0, 0.1) is 6.92 Å². The maximum atomic E-state index is 13.0. The molecule has 0 saturated carbocycles. The van der Waals surface area contributed by atoms with Crippen molar-refractivity contribution in [3.63, 3.8) is 0 Å². The maximum Gasteiger partial charge on any atom is 0.293 e. The van der Waals surface area contributed by atoms with E-state index < -0.39 is 0 Å². The average molecular weight is 532 g/mol. The van der Waals surface area contributed by atoms with Crippen LogP contribution < -0.4 is 14.2 Å². The minimum atomic E-state index is -0.320. The molecule has 1 saturated heterocycles. The first-order valence-corrected chi connectivity index (χ1v) is 13.6. The molecule has 0 aliphatic carbocycles. The zero-order valence-electron chi connectivity index (χ0n) is 22.2. The van der Waals surface area contributed by atoms with Crippen LogP contribution in [0.1, 0.15) is 48.9 Å². The Kier molecular flexibility index (Phi) is 9.13. The monoisotopic (exact) mass is 531 g/mol. The van der Waals surface area contributed by atoms with Crippen LogP contribution in [0.15, 0.2) is 71.6 Å². The van der Waals surface area contributed by atoms with Crippen LogP contribution in [-0.4, -0.2) is 35.8 Å². The normalized spacial score (nSPS) is 14.4. The summed E-state index contributed by atoms with van der Waals surface area (Å²) in [6.07, 6.45) is 1.71. The number of hydrogen-bond acceptors (Lipinski definition) is 6. The molecule has 0 N–H and O–H groups in total. The van der Waals surface area contributed by atoms with Crippen molar-refractivity contribution in [3.05, 3.63) is 93.9 Å². The van der Waals surface area contributed by atoms with E-state index in [-0.39, 0.29) is 24.3 Å². The highest BCUT2D eigenvalue weighted by molar-refractivity contribution is 8.18. The third-order valence-electron chi connectivity index (χ3n) is 6.04. The molecule has 38 heavy (non-hydrogen) atoms. The summed E-state index contributed by atoms with van der Waals surface area (Å²) < 4.78 is 17.8. The number of carbonyl (C=O) groups is 2. The number of hydrogen-bond donors (Lipinski definition) is 0. The summed E-state index contributed by atoms with van der Waals surface area (Å²) in [6.45, 7) is 9.44. The van der Waals surface area contributed by atoms with E-state index in [9.17, 15) is 9.59 Å². The van der Waals surface area contributed by atoms with Gasteiger partial charge >= 0.3 is 0 Å². The van der Waals surface area contributed by atoms with Gasteiger partial charge in [0, 0.05) is 0 Å². The molecule has 0 spiro atoms. The standard InChI is InChI=1S/C31H33NO5S/c1-5-35-28-18-24(12-14-26(28)37-20-23-9-7-6-8-10-23)19-29-30(33)32(31(34)38-29)15-16-36-27-17-22(4)11-13-25(27)21(2)3/h6-14,17-19,21H,5,15-16,20H2,1-4H3/b29-19-. The lowest BCUT2D eigenvalue weighted by molar-refractivity contribution is -0.123. The molecular weight excluding hydrogens is 498 g/mol. The van der Waals surface area contributed by atoms with Gasteiger partial charge in [-0.2, -0.15) is 0 Å². The van der Waals surface area contributed by atoms with Gasteiger partial charge in [-0.25, -0.2) is 0 Å². The zero-order chi connectivity index (χ0) is 27.1. The lowest BCUT2D eigenvalue weighted by atomic mass is 10.0. The summed E-state index contributed by atoms with van der Waals surface area (Å²) in [5.41, 5.74) is 4.01. The van der Waals surface area contributed by atoms with Crippen molar-refractivity contribution in [1.82, 2.24) is 4.90 Å². The van der Waals surface area contributed by atoms with Crippen LogP contribution >= 0.6 is 11.8 Å². The molecule has 1 aliphatic rings. The summed E-state index contributed by atoms with van der Waals surface area (Å²) in [5, 5.41) is -0.300. The fourth-order valence-corrected chi connectivity index (χ4v) is 4.94. The van der Waals surface area contributed by atoms with Gasteiger partial charge in [0.2, 0.25) is 0 Å². The van der Waals surface area contributed by atoms with Crippen molar-refractivity contribution >= 4 is 29.0 Å². The van der Waals surface area contributed by atoms with Crippen LogP contribution in [0.3, 0.4) is 0 Å². The summed E-state index contributed by atoms with van der Waals surface area (Å²) >= 11 is 0.935. The Morgan fingerprint density at radius 3 is 2.42 bits per heavy atom. The second-order valence-electron chi connectivity index (χ2n) is 9.29. The van der Waals surface area contributed by atoms with Gasteiger partial charge in [0.15, 0.2) is 11.5 Å². The van der Waals surface area contributed by atoms with Crippen molar-refractivity contribution in [2.24, 2.45) is 0 Å². The number of carbonyl (C=O) groups excluding carboxylic acids is 2. The quantitative estimate of drug-likeness (QED) is 0.244. The predicted molar refractivity (Wildman–Crippen MR) is 152 cm³/mol. The SMILES string of the molecule is CCOc1cc(/C=C2\SC(=O)N(CCOc3cc(C)ccc3C(C)C)C2=O)ccc1OCc1ccccc1. The molecule has 4 rings (SSSR count). The van der Waals surface area contributed by atoms with Crippen molar-refractivity contribution in [1.29, 1.82) is 0 Å². The van der Waals surface area contributed by atoms with Crippen LogP contribution in [0.25, 0.3) is 6.08 Å². The highest BCUT2D eigenvalue weighted by Gasteiger charge is 2.35. The molecule has 198 valence electrons. The molecule has 0 radical (unpaired) electrons. The Hall–Kier alpha value is -3.71. The number of imide groups is 1. The number of ether oxygens (including phenoxy) is 3. The van der Waals surface area contributed by atoms with E-state index in [1.54, 1.807) is 6.08 Å². The van der Waals surface area contributed by atoms with Crippen molar-refractivity contribution in [3.8, 4) is 17.2 Å². The summed E-state index contributed by atoms with van der Waals surface area (Å²) in [4.78, 5) is 27.3. The Bertz CT molecular complexity index is 1320. The molecular formula is C31H33NO5S. The molecule has 2 amide bonds. The van der Waals surface area contributed by atoms with Gasteiger partial charge in [-0.15, -0.1) is 0 Å². The predicted octanol–water partition coefficient (Wildman–Crippen LogP) is 7.21. The molecule has 0 atom stereocenters. The Labute approximate surface area is 228 Å². The molecule has 0 unspecified atom stereocenters. The van der Waals surface area contributed by atoms with Gasteiger partial charge in [0.25, 0.3) is 11.1 Å². The highest BCUT2D eigenvalue weighted by Crippen LogP contribution is 2.35. The van der Waals surface area contributed by atoms with Crippen molar-refractivity contribution in [2.75, 3.05) is 19.8 Å². The van der Waals surface area contributed by atoms with Gasteiger partial charge in [0.1, 0.15) is 19.0 Å². The van der Waals surface area contributed by atoms with Gasteiger partial charge in [-0.1, -0.05) is 62.4 Å². The number of benzene rings is 3. The van der Waals surface area contributed by atoms with E-state index in [0.29, 0.717) is 35.5 Å². The zero-order valence-corrected chi connectivity index (χ0v) is 23.0. The first-order valence-electron chi connectivity index (χ1n) is 12.8. The van der Waals surface area contributed by atoms with E-state index in [0.717, 1.165) is 39.8 Å². The minimum Gasteiger partial charge on any atom is -0.491 e. The molecule has 0 bridgehead atoms. The van der Waals surface area contributed by atoms with Gasteiger partial charge in [-0.05, 0) is 78.1 Å². The largest absolute Gasteiger partial charge is 0.491 e. The summed E-state index contributed by atoms with van der Waals surface area (Å²) in [5.74, 6) is 1.99. The van der Waals surface area contributed by atoms with E-state index in [2.05, 4.69) is 26.0 Å². The van der Waals surface area contributed by atoms with E-state index in [4.69, 9.17) is 14.2 Å². The number of nitrogens with zero attached hydrogens (tertiary/aromatic N) is 1. The maximum absolute atomic E-state index is 13.0. The van der Waals surface area contributed by atoms with Gasteiger partial charge in [-0.3, -0.25) is 14.5 Å². The third-order valence-corrected chi connectivity index (χ3v) is 6.95. The Morgan fingerprint density at radius 1 is 0.895 bits per heavy atom. The van der Waals surface area contributed by atoms with Crippen LogP contribution in [0.5, 0.6) is 17.2 Å². The van der Waals surface area contributed by atoms with Crippen LogP contribution in [0.2, 0.25) is 0 Å². The first-order chi connectivity index (χ1) is 18.4. The molecule has 6 nitrogen and oxygen atoms in total. The fraction of sp³-hybridized carbons (Fsp3) is 0.290. The van der Waals surface area contributed by atoms with Gasteiger partial charge in [0.05, 0.1) is 18.1 Å². The fourth-order valence-electron chi connectivity index (χ4n) is 4.07. The second kappa shape index (κ2) is 12.7. The highest BCUT2D eigenvalue weighted by atomic mass is 32.2. The van der Waals surface area contributed by atoms with E-state index in [1.807, 2.05) is 68.4 Å². The average Bonchev–Trinajstić information content (AvgIpc) is 3.16. The number of aryl methyl sites for hydroxylation is 1. The van der Waals surface area contributed by atoms with Crippen molar-refractivity contribution < 1.29 is 23.8 Å². The number of rotatable bonds is 11. The lowest BCUT2D eigenvalue weighted by Crippen LogP contribution is -2.32. The molecule has 7 heteroatoms. The molecule has 1 fully saturated rings. The molecule has 3 aromatic carbocycles. The van der Waals surface area contributed by atoms with Crippen LogP contribution in [-0.2, 0) is 11.4 Å². The van der Waals surface area contributed by atoms with Gasteiger partial charge < -0.3 is 14.2 Å². The number of thioether (sulfide) groups is 1. The topological polar surface area (TPSA) is 65.1 Å². The smallest absolute Gasteiger partial charge is 0.293 e. The minimum absolute atomic E-state index is 0.184. The van der Waals surface area contributed by atoms with E-state index >= 15 is 0 Å². The first kappa shape index (κ1) is 27.3. The molecule has 1 heterocycles.